The standard InChI is InChI=1S/C44H83N2O6P/c1-6-8-10-12-14-16-17-18-19-20-21-22-23-24-25-26-27-28-29-30-32-34-36-38-44(48)45-42(41-52-53(49,50)51-40-39-46(3,4)5)43(47)37-35-33-31-15-13-11-9-7-2/h8,10,14,16,18-19,21-22,42-43,47H,6-7,9,11-13,15,17,20,23-41H2,1-5H3,(H-,45,48,49,50)/b10-8-,16-14-,19-18-,22-21-. The van der Waals surface area contributed by atoms with Crippen molar-refractivity contribution in [2.75, 3.05) is 40.9 Å². The van der Waals surface area contributed by atoms with E-state index in [2.05, 4.69) is 67.8 Å². The van der Waals surface area contributed by atoms with Gasteiger partial charge in [0, 0.05) is 6.42 Å². The maximum atomic E-state index is 12.8. The fourth-order valence-electron chi connectivity index (χ4n) is 5.91. The van der Waals surface area contributed by atoms with Crippen LogP contribution in [0.15, 0.2) is 48.6 Å². The number of nitrogens with one attached hydrogen (secondary N) is 1. The summed E-state index contributed by atoms with van der Waals surface area (Å²) in [6.07, 6.45) is 44.1. The van der Waals surface area contributed by atoms with E-state index in [4.69, 9.17) is 9.05 Å². The Labute approximate surface area is 327 Å². The van der Waals surface area contributed by atoms with Crippen molar-refractivity contribution in [2.45, 2.75) is 187 Å². The molecule has 0 aliphatic rings. The number of allylic oxidation sites excluding steroid dienone is 8. The van der Waals surface area contributed by atoms with Gasteiger partial charge in [-0.15, -0.1) is 0 Å². The number of aliphatic hydroxyl groups excluding tert-OH is 1. The lowest BCUT2D eigenvalue weighted by Gasteiger charge is -2.30. The van der Waals surface area contributed by atoms with Crippen LogP contribution in [0.1, 0.15) is 174 Å². The molecule has 0 fully saturated rings. The molecule has 0 aromatic heterocycles. The van der Waals surface area contributed by atoms with Crippen molar-refractivity contribution in [2.24, 2.45) is 0 Å². The van der Waals surface area contributed by atoms with Gasteiger partial charge in [-0.1, -0.05) is 165 Å². The molecule has 0 aromatic carbocycles. The first-order valence-electron chi connectivity index (χ1n) is 21.5. The summed E-state index contributed by atoms with van der Waals surface area (Å²) in [4.78, 5) is 25.2. The number of rotatable bonds is 38. The van der Waals surface area contributed by atoms with Gasteiger partial charge in [0.1, 0.15) is 13.2 Å². The highest BCUT2D eigenvalue weighted by Gasteiger charge is 2.24. The second-order valence-electron chi connectivity index (χ2n) is 15.7. The molecular formula is C44H83N2O6P. The van der Waals surface area contributed by atoms with Gasteiger partial charge in [0.2, 0.25) is 5.91 Å². The van der Waals surface area contributed by atoms with Crippen LogP contribution in [0.4, 0.5) is 0 Å². The van der Waals surface area contributed by atoms with Gasteiger partial charge in [-0.05, 0) is 51.4 Å². The van der Waals surface area contributed by atoms with E-state index in [1.54, 1.807) is 0 Å². The van der Waals surface area contributed by atoms with Gasteiger partial charge in [0.15, 0.2) is 0 Å². The molecule has 53 heavy (non-hydrogen) atoms. The number of nitrogens with zero attached hydrogens (tertiary/aromatic N) is 1. The van der Waals surface area contributed by atoms with Crippen molar-refractivity contribution >= 4 is 13.7 Å². The van der Waals surface area contributed by atoms with E-state index in [9.17, 15) is 19.4 Å². The molecule has 3 atom stereocenters. The third-order valence-electron chi connectivity index (χ3n) is 9.33. The molecule has 3 unspecified atom stereocenters. The van der Waals surface area contributed by atoms with Gasteiger partial charge in [-0.2, -0.15) is 0 Å². The number of carbonyl (C=O) groups is 1. The van der Waals surface area contributed by atoms with Gasteiger partial charge < -0.3 is 28.8 Å². The summed E-state index contributed by atoms with van der Waals surface area (Å²) in [5.74, 6) is -0.175. The SMILES string of the molecule is CC/C=C\C/C=C\C/C=C\C/C=C\CCCCCCCCCCCCC(=O)NC(COP(=O)([O-])OCC[N+](C)(C)C)C(O)CCCCCCCCCC. The molecular weight excluding hydrogens is 683 g/mol. The van der Waals surface area contributed by atoms with Crippen LogP contribution < -0.4 is 10.2 Å². The Hall–Kier alpha value is -1.54. The Morgan fingerprint density at radius 3 is 1.68 bits per heavy atom. The molecule has 0 heterocycles. The van der Waals surface area contributed by atoms with Gasteiger partial charge in [0.05, 0.1) is 39.9 Å². The molecule has 0 aliphatic carbocycles. The third-order valence-corrected chi connectivity index (χ3v) is 10.3. The molecule has 0 saturated heterocycles. The number of carbonyl (C=O) groups excluding carboxylic acids is 1. The molecule has 8 nitrogen and oxygen atoms in total. The second kappa shape index (κ2) is 36.1. The highest BCUT2D eigenvalue weighted by molar-refractivity contribution is 7.45. The van der Waals surface area contributed by atoms with E-state index in [0.29, 0.717) is 23.9 Å². The zero-order valence-corrected chi connectivity index (χ0v) is 35.8. The Morgan fingerprint density at radius 1 is 0.679 bits per heavy atom. The molecule has 0 aromatic rings. The molecule has 0 spiro atoms. The number of hydrogen-bond acceptors (Lipinski definition) is 6. The van der Waals surface area contributed by atoms with Crippen LogP contribution in [-0.4, -0.2) is 68.5 Å². The number of amides is 1. The van der Waals surface area contributed by atoms with E-state index in [1.165, 1.54) is 83.5 Å². The molecule has 310 valence electrons. The number of phosphoric acid groups is 1. The highest BCUT2D eigenvalue weighted by atomic mass is 31.2. The first-order chi connectivity index (χ1) is 25.5. The first-order valence-corrected chi connectivity index (χ1v) is 22.9. The highest BCUT2D eigenvalue weighted by Crippen LogP contribution is 2.38. The Balaban J connectivity index is 4.20. The summed E-state index contributed by atoms with van der Waals surface area (Å²) in [6.45, 7) is 4.55. The van der Waals surface area contributed by atoms with Crippen LogP contribution in [0.2, 0.25) is 0 Å². The predicted octanol–water partition coefficient (Wildman–Crippen LogP) is 11.1. The largest absolute Gasteiger partial charge is 0.756 e. The minimum atomic E-state index is -4.56. The van der Waals surface area contributed by atoms with E-state index < -0.39 is 20.0 Å². The normalized spacial score (nSPS) is 14.9. The lowest BCUT2D eigenvalue weighted by molar-refractivity contribution is -0.870. The Morgan fingerprint density at radius 2 is 1.15 bits per heavy atom. The summed E-state index contributed by atoms with van der Waals surface area (Å²) >= 11 is 0. The van der Waals surface area contributed by atoms with Crippen molar-refractivity contribution in [1.82, 2.24) is 5.32 Å². The number of likely N-dealkylation sites (N-methyl/N-ethyl adjacent to an activating group) is 1. The number of unbranched alkanes of at least 4 members (excludes halogenated alkanes) is 17. The van der Waals surface area contributed by atoms with Crippen molar-refractivity contribution < 1.29 is 32.9 Å². The molecule has 0 radical (unpaired) electrons. The lowest BCUT2D eigenvalue weighted by Crippen LogP contribution is -2.46. The summed E-state index contributed by atoms with van der Waals surface area (Å²) in [5.41, 5.74) is 0. The molecule has 0 saturated carbocycles. The minimum absolute atomic E-state index is 0.00929. The smallest absolute Gasteiger partial charge is 0.268 e. The van der Waals surface area contributed by atoms with Crippen molar-refractivity contribution in [3.63, 3.8) is 0 Å². The molecule has 0 bridgehead atoms. The van der Waals surface area contributed by atoms with Crippen LogP contribution in [-0.2, 0) is 18.4 Å². The van der Waals surface area contributed by atoms with Crippen LogP contribution in [0, 0.1) is 0 Å². The zero-order valence-electron chi connectivity index (χ0n) is 35.0. The van der Waals surface area contributed by atoms with E-state index in [1.807, 2.05) is 21.1 Å². The number of aliphatic hydroxyl groups is 1. The summed E-state index contributed by atoms with van der Waals surface area (Å²) < 4.78 is 23.1. The van der Waals surface area contributed by atoms with Gasteiger partial charge in [0.25, 0.3) is 7.82 Å². The minimum Gasteiger partial charge on any atom is -0.756 e. The molecule has 0 aliphatic heterocycles. The Kier molecular flexibility index (Phi) is 35.1. The van der Waals surface area contributed by atoms with Gasteiger partial charge in [-0.25, -0.2) is 0 Å². The van der Waals surface area contributed by atoms with Crippen LogP contribution in [0.25, 0.3) is 0 Å². The monoisotopic (exact) mass is 767 g/mol. The van der Waals surface area contributed by atoms with Crippen LogP contribution in [0.3, 0.4) is 0 Å². The molecule has 9 heteroatoms. The maximum Gasteiger partial charge on any atom is 0.268 e. The fraction of sp³-hybridized carbons (Fsp3) is 0.795. The quantitative estimate of drug-likeness (QED) is 0.0280. The van der Waals surface area contributed by atoms with Crippen molar-refractivity contribution in [3.8, 4) is 0 Å². The molecule has 0 rings (SSSR count). The topological polar surface area (TPSA) is 108 Å². The van der Waals surface area contributed by atoms with Gasteiger partial charge in [-0.3, -0.25) is 9.36 Å². The summed E-state index contributed by atoms with van der Waals surface area (Å²) in [7, 11) is 1.29. The van der Waals surface area contributed by atoms with Crippen molar-refractivity contribution in [1.29, 1.82) is 0 Å². The lowest BCUT2D eigenvalue weighted by atomic mass is 10.0. The fourth-order valence-corrected chi connectivity index (χ4v) is 6.63. The number of phosphoric ester groups is 1. The number of hydrogen-bond donors (Lipinski definition) is 2. The third kappa shape index (κ3) is 38.5. The molecule has 1 amide bonds. The second-order valence-corrected chi connectivity index (χ2v) is 17.1. The van der Waals surface area contributed by atoms with Crippen LogP contribution in [0.5, 0.6) is 0 Å². The van der Waals surface area contributed by atoms with E-state index in [-0.39, 0.29) is 19.1 Å². The van der Waals surface area contributed by atoms with Crippen molar-refractivity contribution in [3.05, 3.63) is 48.6 Å². The van der Waals surface area contributed by atoms with E-state index >= 15 is 0 Å². The molecule has 2 N–H and O–H groups in total. The number of quaternary nitrogens is 1. The summed E-state index contributed by atoms with van der Waals surface area (Å²) in [5, 5.41) is 13.8. The zero-order chi connectivity index (χ0) is 39.3. The Bertz CT molecular complexity index is 1010. The van der Waals surface area contributed by atoms with Gasteiger partial charge >= 0.3 is 0 Å². The summed E-state index contributed by atoms with van der Waals surface area (Å²) in [6, 6.07) is -0.801. The van der Waals surface area contributed by atoms with Crippen LogP contribution >= 0.6 is 7.82 Å². The average Bonchev–Trinajstić information content (AvgIpc) is 3.10. The maximum absolute atomic E-state index is 12.8. The van der Waals surface area contributed by atoms with E-state index in [0.717, 1.165) is 64.2 Å². The first kappa shape index (κ1) is 51.5. The average molecular weight is 767 g/mol. The predicted molar refractivity (Wildman–Crippen MR) is 224 cm³/mol.